The van der Waals surface area contributed by atoms with Gasteiger partial charge in [0.05, 0.1) is 53.1 Å². The van der Waals surface area contributed by atoms with Crippen molar-refractivity contribution >= 4 is 44.0 Å². The van der Waals surface area contributed by atoms with E-state index in [1.165, 1.54) is 31.4 Å². The Morgan fingerprint density at radius 1 is 1.21 bits per heavy atom. The summed E-state index contributed by atoms with van der Waals surface area (Å²) in [6, 6.07) is 5.00. The van der Waals surface area contributed by atoms with E-state index in [2.05, 4.69) is 24.6 Å². The van der Waals surface area contributed by atoms with E-state index in [1.807, 2.05) is 6.07 Å². The van der Waals surface area contributed by atoms with Crippen molar-refractivity contribution in [2.24, 2.45) is 15.2 Å². The summed E-state index contributed by atoms with van der Waals surface area (Å²) in [4.78, 5) is 12.4. The summed E-state index contributed by atoms with van der Waals surface area (Å²) < 4.78 is 50.0. The zero-order valence-corrected chi connectivity index (χ0v) is 23.2. The van der Waals surface area contributed by atoms with Crippen LogP contribution in [-0.4, -0.2) is 63.2 Å². The summed E-state index contributed by atoms with van der Waals surface area (Å²) in [6.45, 7) is 1.46. The number of hydrogen-bond acceptors (Lipinski definition) is 8. The Morgan fingerprint density at radius 2 is 2.03 bits per heavy atom. The first-order chi connectivity index (χ1) is 18.6. The van der Waals surface area contributed by atoms with Crippen LogP contribution in [0.1, 0.15) is 42.9 Å². The summed E-state index contributed by atoms with van der Waals surface area (Å²) in [5, 5.41) is 3.71. The Labute approximate surface area is 230 Å². The molecule has 9 nitrogen and oxygen atoms in total. The highest BCUT2D eigenvalue weighted by Crippen LogP contribution is 2.67. The van der Waals surface area contributed by atoms with Gasteiger partial charge in [-0.2, -0.15) is 9.35 Å². The fourth-order valence-electron chi connectivity index (χ4n) is 6.79. The van der Waals surface area contributed by atoms with Crippen molar-refractivity contribution in [2.45, 2.75) is 56.5 Å². The highest BCUT2D eigenvalue weighted by atomic mass is 35.5. The number of anilines is 1. The molecule has 0 radical (unpaired) electrons. The molecule has 2 saturated carbocycles. The van der Waals surface area contributed by atoms with Crippen molar-refractivity contribution in [3.05, 3.63) is 40.2 Å². The second-order valence-corrected chi connectivity index (χ2v) is 15.1. The first kappa shape index (κ1) is 24.3. The number of hydrogen-bond donors (Lipinski definition) is 2. The van der Waals surface area contributed by atoms with Gasteiger partial charge in [-0.25, -0.2) is 13.6 Å². The van der Waals surface area contributed by atoms with Crippen LogP contribution in [0, 0.1) is 16.6 Å². The second-order valence-electron chi connectivity index (χ2n) is 12.1. The molecule has 2 saturated heterocycles. The van der Waals surface area contributed by atoms with E-state index in [-0.39, 0.29) is 41.0 Å². The molecule has 2 aromatic heterocycles. The molecule has 8 rings (SSSR count). The Kier molecular flexibility index (Phi) is 5.03. The van der Waals surface area contributed by atoms with Gasteiger partial charge in [0.1, 0.15) is 17.7 Å². The molecular formula is C27H29ClFN5O4S. The lowest BCUT2D eigenvalue weighted by Crippen LogP contribution is -2.30. The third kappa shape index (κ3) is 3.88. The molecule has 4 fully saturated rings. The maximum atomic E-state index is 15.1. The standard InChI is InChI=1S/C27H29ClFN5O4S/c1-39(2,35)34-14-7-13-3-4-17(20(13)16(29)8-14)30-23-15(28)9-18-24(32-23)33-25(31-18)38-19-10-27(19)12-37-21-22(27)36-11-26(21)5-6-26/h7-9,17,19,21-22H,3-6,10-12H2,1-2H3,(H2,30,31,32,33)/t17-,19?,21?,22?,27?/m0/s1. The van der Waals surface area contributed by atoms with Crippen LogP contribution in [0.5, 0.6) is 6.01 Å². The number of nitrogens with one attached hydrogen (secondary N) is 2. The Morgan fingerprint density at radius 3 is 2.82 bits per heavy atom. The van der Waals surface area contributed by atoms with E-state index >= 15 is 4.39 Å². The lowest BCUT2D eigenvalue weighted by atomic mass is 9.92. The molecule has 3 aromatic rings. The van der Waals surface area contributed by atoms with E-state index in [1.54, 1.807) is 6.07 Å². The van der Waals surface area contributed by atoms with Gasteiger partial charge in [-0.3, -0.25) is 0 Å². The zero-order chi connectivity index (χ0) is 26.7. The predicted molar refractivity (Wildman–Crippen MR) is 145 cm³/mol. The molecule has 2 N–H and O–H groups in total. The molecule has 3 aliphatic carbocycles. The number of ether oxygens (including phenoxy) is 3. The monoisotopic (exact) mass is 573 g/mol. The SMILES string of the molecule is CS(C)(=O)=Nc1cc(F)c2c(c1)CC[C@@H]2Nc1nc2nc(OC3CC34COC3C4OCC34CC4)[nH]c2cc1Cl. The predicted octanol–water partition coefficient (Wildman–Crippen LogP) is 4.92. The molecule has 5 aliphatic rings. The van der Waals surface area contributed by atoms with Crippen LogP contribution < -0.4 is 10.1 Å². The van der Waals surface area contributed by atoms with E-state index in [4.69, 9.17) is 25.8 Å². The molecule has 39 heavy (non-hydrogen) atoms. The average molecular weight is 574 g/mol. The summed E-state index contributed by atoms with van der Waals surface area (Å²) in [6.07, 6.45) is 7.96. The first-order valence-electron chi connectivity index (χ1n) is 13.3. The molecule has 206 valence electrons. The fourth-order valence-corrected chi connectivity index (χ4v) is 7.61. The summed E-state index contributed by atoms with van der Waals surface area (Å²) in [7, 11) is -2.38. The van der Waals surface area contributed by atoms with Crippen molar-refractivity contribution in [3.8, 4) is 6.01 Å². The first-order valence-corrected chi connectivity index (χ1v) is 16.1. The van der Waals surface area contributed by atoms with Gasteiger partial charge in [0.15, 0.2) is 5.65 Å². The Bertz CT molecular complexity index is 1660. The van der Waals surface area contributed by atoms with E-state index in [9.17, 15) is 4.21 Å². The molecule has 2 spiro atoms. The lowest BCUT2D eigenvalue weighted by molar-refractivity contribution is 0.0464. The highest BCUT2D eigenvalue weighted by molar-refractivity contribution is 7.92. The second kappa shape index (κ2) is 8.05. The number of nitrogens with zero attached hydrogens (tertiary/aromatic N) is 3. The van der Waals surface area contributed by atoms with Crippen molar-refractivity contribution in [1.82, 2.24) is 15.0 Å². The summed E-state index contributed by atoms with van der Waals surface area (Å²) >= 11 is 6.58. The molecule has 5 atom stereocenters. The number of benzene rings is 1. The Balaban J connectivity index is 1.01. The minimum atomic E-state index is -2.38. The van der Waals surface area contributed by atoms with E-state index in [0.717, 1.165) is 18.6 Å². The van der Waals surface area contributed by atoms with Crippen LogP contribution in [0.3, 0.4) is 0 Å². The number of pyridine rings is 1. The van der Waals surface area contributed by atoms with Crippen LogP contribution >= 0.6 is 11.6 Å². The van der Waals surface area contributed by atoms with Crippen LogP contribution in [0.15, 0.2) is 22.6 Å². The fraction of sp³-hybridized carbons (Fsp3) is 0.556. The topological polar surface area (TPSA) is 111 Å². The number of rotatable bonds is 5. The van der Waals surface area contributed by atoms with Crippen molar-refractivity contribution in [2.75, 3.05) is 31.0 Å². The van der Waals surface area contributed by atoms with Gasteiger partial charge < -0.3 is 24.5 Å². The maximum Gasteiger partial charge on any atom is 0.296 e. The molecule has 1 aromatic carbocycles. The van der Waals surface area contributed by atoms with Gasteiger partial charge in [0, 0.05) is 39.3 Å². The van der Waals surface area contributed by atoms with Gasteiger partial charge in [-0.05, 0) is 49.8 Å². The number of fused-ring (bicyclic) bond motifs is 5. The quantitative estimate of drug-likeness (QED) is 0.445. The average Bonchev–Trinajstić information content (AvgIpc) is 3.49. The smallest absolute Gasteiger partial charge is 0.296 e. The molecule has 12 heteroatoms. The third-order valence-corrected chi connectivity index (χ3v) is 9.95. The van der Waals surface area contributed by atoms with Gasteiger partial charge in [0.2, 0.25) is 0 Å². The number of H-pyrrole nitrogens is 1. The van der Waals surface area contributed by atoms with Crippen molar-refractivity contribution in [3.63, 3.8) is 0 Å². The highest BCUT2D eigenvalue weighted by Gasteiger charge is 2.75. The van der Waals surface area contributed by atoms with Crippen LogP contribution in [0.25, 0.3) is 11.2 Å². The van der Waals surface area contributed by atoms with Gasteiger partial charge in [0.25, 0.3) is 6.01 Å². The normalized spacial score (nSPS) is 31.6. The third-order valence-electron chi connectivity index (χ3n) is 9.01. The Hall–Kier alpha value is -2.47. The van der Waals surface area contributed by atoms with Crippen LogP contribution in [0.2, 0.25) is 5.02 Å². The molecule has 2 aliphatic heterocycles. The number of halogens is 2. The van der Waals surface area contributed by atoms with E-state index < -0.39 is 9.73 Å². The van der Waals surface area contributed by atoms with E-state index in [0.29, 0.717) is 58.7 Å². The molecule has 0 amide bonds. The summed E-state index contributed by atoms with van der Waals surface area (Å²) in [5.41, 5.74) is 3.09. The maximum absolute atomic E-state index is 15.1. The lowest BCUT2D eigenvalue weighted by Gasteiger charge is -2.16. The molecular weight excluding hydrogens is 545 g/mol. The minimum Gasteiger partial charge on any atom is -0.461 e. The molecule has 0 bridgehead atoms. The number of imidazole rings is 1. The number of aromatic nitrogens is 3. The zero-order valence-electron chi connectivity index (χ0n) is 21.6. The largest absolute Gasteiger partial charge is 0.461 e. The number of aromatic amines is 1. The van der Waals surface area contributed by atoms with Crippen molar-refractivity contribution < 1.29 is 22.8 Å². The van der Waals surface area contributed by atoms with Gasteiger partial charge >= 0.3 is 0 Å². The van der Waals surface area contributed by atoms with Crippen molar-refractivity contribution in [1.29, 1.82) is 0 Å². The van der Waals surface area contributed by atoms with Gasteiger partial charge in [-0.1, -0.05) is 11.6 Å². The molecule has 4 heterocycles. The minimum absolute atomic E-state index is 0.0154. The van der Waals surface area contributed by atoms with Gasteiger partial charge in [-0.15, -0.1) is 0 Å². The van der Waals surface area contributed by atoms with Crippen LogP contribution in [0.4, 0.5) is 15.9 Å². The summed E-state index contributed by atoms with van der Waals surface area (Å²) in [5.74, 6) is 0.0512. The number of aryl methyl sites for hydroxylation is 1. The molecule has 4 unspecified atom stereocenters. The van der Waals surface area contributed by atoms with Crippen LogP contribution in [-0.2, 0) is 25.6 Å².